The van der Waals surface area contributed by atoms with E-state index < -0.39 is 28.3 Å². The van der Waals surface area contributed by atoms with Crippen molar-refractivity contribution in [1.29, 1.82) is 0 Å². The number of benzene rings is 4. The number of carboxylic acids is 1. The third-order valence-corrected chi connectivity index (χ3v) is 10.8. The molecule has 232 valence electrons. The molecule has 3 N–H and O–H groups in total. The molecule has 0 unspecified atom stereocenters. The smallest absolute Gasteiger partial charge is 0.341 e. The van der Waals surface area contributed by atoms with Crippen LogP contribution in [0.4, 0.5) is 5.69 Å². The number of nitrogens with zero attached hydrogens (tertiary/aromatic N) is 1. The van der Waals surface area contributed by atoms with Crippen LogP contribution >= 0.6 is 34.7 Å². The van der Waals surface area contributed by atoms with Gasteiger partial charge in [-0.1, -0.05) is 23.7 Å². The first-order chi connectivity index (χ1) is 21.6. The fourth-order valence-corrected chi connectivity index (χ4v) is 7.80. The van der Waals surface area contributed by atoms with Gasteiger partial charge in [-0.05, 0) is 91.2 Å². The zero-order valence-corrected chi connectivity index (χ0v) is 26.8. The molecule has 5 aromatic rings. The molecule has 1 amide bonds. The average molecular weight is 683 g/mol. The van der Waals surface area contributed by atoms with Crippen LogP contribution in [0.25, 0.3) is 10.2 Å². The quantitative estimate of drug-likeness (QED) is 0.111. The number of rotatable bonds is 13. The number of phenolic OH excluding ortho intramolecular Hbond substituents is 1. The Balaban J connectivity index is 1.26. The minimum atomic E-state index is -3.51. The highest BCUT2D eigenvalue weighted by atomic mass is 35.5. The number of thiazole rings is 1. The molecule has 0 spiro atoms. The second-order valence-corrected chi connectivity index (χ2v) is 14.6. The molecule has 0 saturated heterocycles. The molecule has 1 heterocycles. The van der Waals surface area contributed by atoms with Gasteiger partial charge in [-0.25, -0.2) is 18.2 Å². The van der Waals surface area contributed by atoms with E-state index in [-0.39, 0.29) is 27.8 Å². The molecule has 0 saturated carbocycles. The molecular formula is C32H27ClN2O7S3. The maximum Gasteiger partial charge on any atom is 0.341 e. The second-order valence-electron chi connectivity index (χ2n) is 9.92. The zero-order valence-electron chi connectivity index (χ0n) is 23.6. The van der Waals surface area contributed by atoms with E-state index in [1.54, 1.807) is 54.6 Å². The highest BCUT2D eigenvalue weighted by Crippen LogP contribution is 2.32. The van der Waals surface area contributed by atoms with E-state index in [1.807, 2.05) is 6.07 Å². The Morgan fingerprint density at radius 2 is 1.80 bits per heavy atom. The molecule has 4 aromatic carbocycles. The predicted molar refractivity (Wildman–Crippen MR) is 177 cm³/mol. The number of aromatic nitrogens is 1. The van der Waals surface area contributed by atoms with Crippen LogP contribution in [0.3, 0.4) is 0 Å². The number of thioether (sulfide) groups is 1. The Labute approximate surface area is 272 Å². The summed E-state index contributed by atoms with van der Waals surface area (Å²) in [5, 5.41) is 23.0. The number of aliphatic carboxylic acids is 1. The summed E-state index contributed by atoms with van der Waals surface area (Å²) in [6.07, 6.45) is 0.717. The molecule has 0 aliphatic heterocycles. The molecule has 0 aliphatic rings. The number of carbonyl (C=O) groups excluding carboxylic acids is 1. The van der Waals surface area contributed by atoms with Gasteiger partial charge in [-0.15, -0.1) is 23.1 Å². The van der Waals surface area contributed by atoms with Gasteiger partial charge in [0.1, 0.15) is 16.5 Å². The van der Waals surface area contributed by atoms with Crippen molar-refractivity contribution in [2.75, 3.05) is 17.7 Å². The molecule has 5 rings (SSSR count). The summed E-state index contributed by atoms with van der Waals surface area (Å²) in [6.45, 7) is -0.598. The number of sulfone groups is 1. The van der Waals surface area contributed by atoms with E-state index in [9.17, 15) is 23.1 Å². The number of aromatic hydroxyl groups is 1. The molecule has 0 bridgehead atoms. The van der Waals surface area contributed by atoms with E-state index in [4.69, 9.17) is 21.4 Å². The maximum atomic E-state index is 13.3. The normalized spacial score (nSPS) is 11.4. The van der Waals surface area contributed by atoms with Crippen LogP contribution in [0.1, 0.15) is 27.3 Å². The molecular weight excluding hydrogens is 656 g/mol. The lowest BCUT2D eigenvalue weighted by Gasteiger charge is -2.14. The highest BCUT2D eigenvalue weighted by molar-refractivity contribution is 7.98. The van der Waals surface area contributed by atoms with Gasteiger partial charge in [0.25, 0.3) is 5.91 Å². The van der Waals surface area contributed by atoms with Crippen molar-refractivity contribution >= 4 is 72.3 Å². The topological polar surface area (TPSA) is 143 Å². The third kappa shape index (κ3) is 8.76. The first-order valence-corrected chi connectivity index (χ1v) is 17.5. The van der Waals surface area contributed by atoms with Gasteiger partial charge in [0, 0.05) is 15.5 Å². The molecule has 0 atom stereocenters. The number of nitrogens with one attached hydrogen (secondary N) is 1. The van der Waals surface area contributed by atoms with Gasteiger partial charge in [0.05, 0.1) is 32.3 Å². The Hall–Kier alpha value is -4.10. The molecule has 1 aromatic heterocycles. The SMILES string of the molecule is O=C(O)COc1ccc(CCCS(=O)(=O)c2ccc(Cl)cc2)cc1NC(=O)c1cccc(SCc2nc3ccc(O)cc3s2)c1. The minimum Gasteiger partial charge on any atom is -0.508 e. The standard InChI is InChI=1S/C32H27ClN2O7S3/c33-22-7-10-25(11-8-22)45(40,41)14-2-3-20-6-13-28(42-18-31(37)38)27(15-20)35-32(39)21-4-1-5-24(16-21)43-19-30-34-26-12-9-23(36)17-29(26)44-30/h1,4-13,15-17,36H,2-3,14,18-19H2,(H,35,39)(H,37,38). The zero-order chi connectivity index (χ0) is 32.0. The Bertz CT molecular complexity index is 1960. The number of halogens is 1. The fraction of sp³-hybridized carbons (Fsp3) is 0.156. The van der Waals surface area contributed by atoms with Crippen LogP contribution in [0.5, 0.6) is 11.5 Å². The highest BCUT2D eigenvalue weighted by Gasteiger charge is 2.16. The fourth-order valence-electron chi connectivity index (χ4n) is 4.41. The van der Waals surface area contributed by atoms with Crippen molar-refractivity contribution < 1.29 is 33.0 Å². The van der Waals surface area contributed by atoms with E-state index in [0.29, 0.717) is 29.2 Å². The van der Waals surface area contributed by atoms with Crippen LogP contribution in [0, 0.1) is 0 Å². The molecule has 0 aliphatic carbocycles. The second kappa shape index (κ2) is 14.3. The number of fused-ring (bicyclic) bond motifs is 1. The van der Waals surface area contributed by atoms with Crippen LogP contribution in [-0.2, 0) is 26.8 Å². The van der Waals surface area contributed by atoms with Crippen LogP contribution < -0.4 is 10.1 Å². The largest absolute Gasteiger partial charge is 0.508 e. The molecule has 13 heteroatoms. The summed E-state index contributed by atoms with van der Waals surface area (Å²) in [6, 6.07) is 23.1. The number of aryl methyl sites for hydroxylation is 1. The number of carboxylic acid groups (broad SMARTS) is 1. The number of ether oxygens (including phenoxy) is 1. The van der Waals surface area contributed by atoms with E-state index in [2.05, 4.69) is 10.3 Å². The summed E-state index contributed by atoms with van der Waals surface area (Å²) in [7, 11) is -3.51. The summed E-state index contributed by atoms with van der Waals surface area (Å²) in [5.41, 5.74) is 2.22. The molecule has 45 heavy (non-hydrogen) atoms. The molecule has 0 radical (unpaired) electrons. The van der Waals surface area contributed by atoms with Crippen molar-refractivity contribution in [2.24, 2.45) is 0 Å². The Kier molecular flexibility index (Phi) is 10.3. The van der Waals surface area contributed by atoms with Crippen molar-refractivity contribution in [3.63, 3.8) is 0 Å². The van der Waals surface area contributed by atoms with E-state index in [1.165, 1.54) is 47.4 Å². The van der Waals surface area contributed by atoms with Gasteiger partial charge < -0.3 is 20.3 Å². The van der Waals surface area contributed by atoms with Crippen molar-refractivity contribution in [3.05, 3.63) is 106 Å². The molecule has 0 fully saturated rings. The number of amides is 1. The van der Waals surface area contributed by atoms with Gasteiger partial charge in [-0.2, -0.15) is 0 Å². The van der Waals surface area contributed by atoms with Gasteiger partial charge in [0.2, 0.25) is 0 Å². The number of anilines is 1. The summed E-state index contributed by atoms with van der Waals surface area (Å²) in [5.74, 6) is -0.732. The minimum absolute atomic E-state index is 0.0858. The van der Waals surface area contributed by atoms with Crippen molar-refractivity contribution in [3.8, 4) is 11.5 Å². The monoisotopic (exact) mass is 682 g/mol. The number of hydrogen-bond donors (Lipinski definition) is 3. The van der Waals surface area contributed by atoms with E-state index >= 15 is 0 Å². The molecule has 9 nitrogen and oxygen atoms in total. The Morgan fingerprint density at radius 3 is 2.58 bits per heavy atom. The van der Waals surface area contributed by atoms with Crippen LogP contribution in [0.2, 0.25) is 5.02 Å². The summed E-state index contributed by atoms with van der Waals surface area (Å²) < 4.78 is 31.8. The van der Waals surface area contributed by atoms with Crippen molar-refractivity contribution in [1.82, 2.24) is 4.98 Å². The van der Waals surface area contributed by atoms with Gasteiger partial charge in [-0.3, -0.25) is 4.79 Å². The summed E-state index contributed by atoms with van der Waals surface area (Å²) in [4.78, 5) is 30.1. The van der Waals surface area contributed by atoms with E-state index in [0.717, 1.165) is 25.7 Å². The number of carbonyl (C=O) groups is 2. The lowest BCUT2D eigenvalue weighted by atomic mass is 10.1. The number of hydrogen-bond acceptors (Lipinski definition) is 9. The first-order valence-electron chi connectivity index (χ1n) is 13.6. The third-order valence-electron chi connectivity index (χ3n) is 6.57. The van der Waals surface area contributed by atoms with Crippen molar-refractivity contribution in [2.45, 2.75) is 28.4 Å². The first kappa shape index (κ1) is 32.3. The van der Waals surface area contributed by atoms with Gasteiger partial charge >= 0.3 is 5.97 Å². The summed E-state index contributed by atoms with van der Waals surface area (Å²) >= 11 is 8.88. The number of phenols is 1. The Morgan fingerprint density at radius 1 is 1.00 bits per heavy atom. The predicted octanol–water partition coefficient (Wildman–Crippen LogP) is 7.07. The lowest BCUT2D eigenvalue weighted by molar-refractivity contribution is -0.139. The maximum absolute atomic E-state index is 13.3. The average Bonchev–Trinajstić information content (AvgIpc) is 3.42. The van der Waals surface area contributed by atoms with Crippen LogP contribution in [0.15, 0.2) is 94.7 Å². The van der Waals surface area contributed by atoms with Crippen LogP contribution in [-0.4, -0.2) is 47.9 Å². The van der Waals surface area contributed by atoms with Gasteiger partial charge in [0.15, 0.2) is 16.4 Å². The lowest BCUT2D eigenvalue weighted by Crippen LogP contribution is -2.15.